The van der Waals surface area contributed by atoms with Crippen molar-refractivity contribution in [1.29, 1.82) is 0 Å². The average Bonchev–Trinajstić information content (AvgIpc) is 2.72. The summed E-state index contributed by atoms with van der Waals surface area (Å²) in [6.45, 7) is 4.70. The van der Waals surface area contributed by atoms with Crippen LogP contribution in [0, 0.1) is 0 Å². The molecule has 0 saturated carbocycles. The Hall–Kier alpha value is -2.46. The normalized spacial score (nSPS) is 17.4. The van der Waals surface area contributed by atoms with Gasteiger partial charge >= 0.3 is 5.97 Å². The van der Waals surface area contributed by atoms with Crippen LogP contribution in [0.1, 0.15) is 58.9 Å². The minimum Gasteiger partial charge on any atom is -0.462 e. The summed E-state index contributed by atoms with van der Waals surface area (Å²) >= 11 is 0. The number of likely N-dealkylation sites (tertiary alicyclic amines) is 1. The second kappa shape index (κ2) is 9.47. The van der Waals surface area contributed by atoms with E-state index in [4.69, 9.17) is 4.74 Å². The summed E-state index contributed by atoms with van der Waals surface area (Å²) in [5.74, 6) is -0.591. The fourth-order valence-electron chi connectivity index (χ4n) is 3.60. The third-order valence-corrected chi connectivity index (χ3v) is 5.19. The van der Waals surface area contributed by atoms with Crippen LogP contribution in [0.25, 0.3) is 0 Å². The molecule has 0 radical (unpaired) electrons. The number of carbonyl (C=O) groups is 2. The van der Waals surface area contributed by atoms with Crippen molar-refractivity contribution in [2.45, 2.75) is 38.6 Å². The average molecular weight is 365 g/mol. The molecule has 0 aliphatic carbocycles. The van der Waals surface area contributed by atoms with Crippen LogP contribution in [0.15, 0.2) is 54.6 Å². The van der Waals surface area contributed by atoms with Crippen molar-refractivity contribution in [1.82, 2.24) is 4.90 Å². The predicted molar refractivity (Wildman–Crippen MR) is 106 cm³/mol. The number of ether oxygens (including phenoxy) is 1. The summed E-state index contributed by atoms with van der Waals surface area (Å²) < 4.78 is 5.46. The van der Waals surface area contributed by atoms with Crippen molar-refractivity contribution in [3.05, 3.63) is 71.3 Å². The van der Waals surface area contributed by atoms with Gasteiger partial charge in [0.25, 0.3) is 0 Å². The summed E-state index contributed by atoms with van der Waals surface area (Å²) in [5, 5.41) is 0. The van der Waals surface area contributed by atoms with E-state index in [1.807, 2.05) is 18.2 Å². The minimum absolute atomic E-state index is 0.162. The zero-order valence-corrected chi connectivity index (χ0v) is 15.9. The van der Waals surface area contributed by atoms with Crippen LogP contribution in [0.5, 0.6) is 0 Å². The van der Waals surface area contributed by atoms with Crippen LogP contribution in [0.3, 0.4) is 0 Å². The quantitative estimate of drug-likeness (QED) is 0.416. The molecule has 27 heavy (non-hydrogen) atoms. The standard InChI is InChI=1S/C23H27NO3/c1-18-10-7-8-15-24(18)16-9-17-27-23(26)21-14-6-5-13-20(21)22(25)19-11-3-2-4-12-19/h2-6,11-14,18H,7-10,15-17H2,1H3. The van der Waals surface area contributed by atoms with Crippen molar-refractivity contribution in [2.24, 2.45) is 0 Å². The van der Waals surface area contributed by atoms with Crippen LogP contribution in [0.2, 0.25) is 0 Å². The maximum atomic E-state index is 12.7. The Morgan fingerprint density at radius 1 is 1.00 bits per heavy atom. The van der Waals surface area contributed by atoms with Gasteiger partial charge in [-0.3, -0.25) is 4.79 Å². The van der Waals surface area contributed by atoms with Gasteiger partial charge in [0.05, 0.1) is 12.2 Å². The summed E-state index contributed by atoms with van der Waals surface area (Å²) in [6.07, 6.45) is 4.61. The fourth-order valence-corrected chi connectivity index (χ4v) is 3.60. The number of nitrogens with zero attached hydrogens (tertiary/aromatic N) is 1. The van der Waals surface area contributed by atoms with Gasteiger partial charge < -0.3 is 9.64 Å². The van der Waals surface area contributed by atoms with E-state index in [1.54, 1.807) is 36.4 Å². The van der Waals surface area contributed by atoms with E-state index >= 15 is 0 Å². The highest BCUT2D eigenvalue weighted by Gasteiger charge is 2.20. The van der Waals surface area contributed by atoms with Gasteiger partial charge in [-0.05, 0) is 38.8 Å². The number of piperidine rings is 1. The third-order valence-electron chi connectivity index (χ3n) is 5.19. The molecule has 1 saturated heterocycles. The highest BCUT2D eigenvalue weighted by molar-refractivity contribution is 6.14. The molecular formula is C23H27NO3. The summed E-state index contributed by atoms with van der Waals surface area (Å²) in [4.78, 5) is 27.7. The molecule has 1 unspecified atom stereocenters. The van der Waals surface area contributed by atoms with E-state index in [0.29, 0.717) is 29.3 Å². The van der Waals surface area contributed by atoms with Gasteiger partial charge in [0.15, 0.2) is 5.78 Å². The first-order valence-corrected chi connectivity index (χ1v) is 9.77. The molecule has 1 atom stereocenters. The van der Waals surface area contributed by atoms with Gasteiger partial charge in [0.1, 0.15) is 0 Å². The molecule has 3 rings (SSSR count). The molecule has 0 aromatic heterocycles. The van der Waals surface area contributed by atoms with Crippen molar-refractivity contribution in [2.75, 3.05) is 19.7 Å². The molecule has 2 aromatic carbocycles. The predicted octanol–water partition coefficient (Wildman–Crippen LogP) is 4.34. The van der Waals surface area contributed by atoms with Crippen molar-refractivity contribution < 1.29 is 14.3 Å². The number of hydrogen-bond donors (Lipinski definition) is 0. The van der Waals surface area contributed by atoms with Gasteiger partial charge in [-0.15, -0.1) is 0 Å². The Bertz CT molecular complexity index is 772. The van der Waals surface area contributed by atoms with Crippen molar-refractivity contribution in [3.8, 4) is 0 Å². The number of rotatable bonds is 7. The molecule has 1 aliphatic heterocycles. The van der Waals surface area contributed by atoms with Crippen molar-refractivity contribution >= 4 is 11.8 Å². The van der Waals surface area contributed by atoms with Gasteiger partial charge in [0.2, 0.25) is 0 Å². The molecule has 0 bridgehead atoms. The lowest BCUT2D eigenvalue weighted by molar-refractivity contribution is 0.0473. The Morgan fingerprint density at radius 3 is 2.44 bits per heavy atom. The minimum atomic E-state index is -0.429. The van der Waals surface area contributed by atoms with E-state index < -0.39 is 5.97 Å². The van der Waals surface area contributed by atoms with E-state index in [-0.39, 0.29) is 5.78 Å². The number of hydrogen-bond acceptors (Lipinski definition) is 4. The van der Waals surface area contributed by atoms with E-state index in [9.17, 15) is 9.59 Å². The maximum Gasteiger partial charge on any atom is 0.338 e. The molecule has 1 aliphatic rings. The molecule has 1 fully saturated rings. The molecule has 2 aromatic rings. The zero-order valence-electron chi connectivity index (χ0n) is 15.9. The first-order chi connectivity index (χ1) is 13.2. The Balaban J connectivity index is 1.58. The lowest BCUT2D eigenvalue weighted by atomic mass is 9.98. The van der Waals surface area contributed by atoms with Gasteiger partial charge in [-0.2, -0.15) is 0 Å². The van der Waals surface area contributed by atoms with Gasteiger partial charge in [-0.1, -0.05) is 55.0 Å². The van der Waals surface area contributed by atoms with Gasteiger partial charge in [0, 0.05) is 23.7 Å². The number of esters is 1. The van der Waals surface area contributed by atoms with Crippen LogP contribution in [-0.2, 0) is 4.74 Å². The maximum absolute atomic E-state index is 12.7. The summed E-state index contributed by atoms with van der Waals surface area (Å²) in [6, 6.07) is 16.5. The largest absolute Gasteiger partial charge is 0.462 e. The van der Waals surface area contributed by atoms with E-state index in [1.165, 1.54) is 19.3 Å². The molecule has 0 N–H and O–H groups in total. The third kappa shape index (κ3) is 5.04. The topological polar surface area (TPSA) is 46.6 Å². The molecule has 4 heteroatoms. The van der Waals surface area contributed by atoms with Crippen LogP contribution < -0.4 is 0 Å². The molecule has 0 spiro atoms. The molecular weight excluding hydrogens is 338 g/mol. The first-order valence-electron chi connectivity index (χ1n) is 9.77. The number of benzene rings is 2. The highest BCUT2D eigenvalue weighted by atomic mass is 16.5. The monoisotopic (exact) mass is 365 g/mol. The first kappa shape index (κ1) is 19.3. The lowest BCUT2D eigenvalue weighted by Crippen LogP contribution is -2.38. The summed E-state index contributed by atoms with van der Waals surface area (Å²) in [5.41, 5.74) is 1.29. The number of ketones is 1. The highest BCUT2D eigenvalue weighted by Crippen LogP contribution is 2.18. The molecule has 142 valence electrons. The van der Waals surface area contributed by atoms with Crippen LogP contribution in [0.4, 0.5) is 0 Å². The van der Waals surface area contributed by atoms with E-state index in [2.05, 4.69) is 11.8 Å². The van der Waals surface area contributed by atoms with Crippen molar-refractivity contribution in [3.63, 3.8) is 0 Å². The Labute approximate surface area is 161 Å². The van der Waals surface area contributed by atoms with Crippen LogP contribution >= 0.6 is 0 Å². The Kier molecular flexibility index (Phi) is 6.77. The molecule has 4 nitrogen and oxygen atoms in total. The Morgan fingerprint density at radius 2 is 1.70 bits per heavy atom. The molecule has 0 amide bonds. The fraction of sp³-hybridized carbons (Fsp3) is 0.391. The van der Waals surface area contributed by atoms with Gasteiger partial charge in [-0.25, -0.2) is 4.79 Å². The SMILES string of the molecule is CC1CCCCN1CCCOC(=O)c1ccccc1C(=O)c1ccccc1. The van der Waals surface area contributed by atoms with Crippen LogP contribution in [-0.4, -0.2) is 42.4 Å². The smallest absolute Gasteiger partial charge is 0.338 e. The summed E-state index contributed by atoms with van der Waals surface area (Å²) in [7, 11) is 0. The number of carbonyl (C=O) groups excluding carboxylic acids is 2. The molecule has 1 heterocycles. The van der Waals surface area contributed by atoms with E-state index in [0.717, 1.165) is 19.5 Å². The second-order valence-electron chi connectivity index (χ2n) is 7.11. The zero-order chi connectivity index (χ0) is 19.1. The second-order valence-corrected chi connectivity index (χ2v) is 7.11. The lowest BCUT2D eigenvalue weighted by Gasteiger charge is -2.33.